The summed E-state index contributed by atoms with van der Waals surface area (Å²) in [5, 5.41) is 0. The Kier molecular flexibility index (Phi) is 13.8. The highest BCUT2D eigenvalue weighted by atomic mass is 28.2. The van der Waals surface area contributed by atoms with Gasteiger partial charge in [-0.05, 0) is 43.7 Å². The first-order valence-electron chi connectivity index (χ1n) is 12.2. The highest BCUT2D eigenvalue weighted by Crippen LogP contribution is 2.25. The number of benzene rings is 1. The lowest BCUT2D eigenvalue weighted by atomic mass is 9.94. The Morgan fingerprint density at radius 1 is 0.828 bits per heavy atom. The van der Waals surface area contributed by atoms with Crippen LogP contribution < -0.4 is 0 Å². The first-order chi connectivity index (χ1) is 13.9. The fourth-order valence-electron chi connectivity index (χ4n) is 3.87. The maximum absolute atomic E-state index is 6.30. The molecule has 0 saturated carbocycles. The Morgan fingerprint density at radius 3 is 2.00 bits per heavy atom. The largest absolute Gasteiger partial charge is 0.420 e. The normalized spacial score (nSPS) is 14.2. The summed E-state index contributed by atoms with van der Waals surface area (Å²) in [7, 11) is 0.748. The van der Waals surface area contributed by atoms with Gasteiger partial charge in [0.05, 0.1) is 18.3 Å². The SMILES string of the molecule is CCCCCCCCCC(C)c1ccc(COC(CCCC)C(C)(C)O[SiH3])cc1. The predicted octanol–water partition coefficient (Wildman–Crippen LogP) is 7.08. The zero-order chi connectivity index (χ0) is 21.5. The third kappa shape index (κ3) is 10.8. The lowest BCUT2D eigenvalue weighted by Crippen LogP contribution is -2.40. The predicted molar refractivity (Wildman–Crippen MR) is 131 cm³/mol. The third-order valence-corrected chi connectivity index (χ3v) is 7.41. The molecule has 0 N–H and O–H groups in total. The summed E-state index contributed by atoms with van der Waals surface area (Å²) in [4.78, 5) is 0. The highest BCUT2D eigenvalue weighted by Gasteiger charge is 2.29. The molecule has 1 aromatic rings. The summed E-state index contributed by atoms with van der Waals surface area (Å²) in [6.07, 6.45) is 14.6. The van der Waals surface area contributed by atoms with Gasteiger partial charge in [-0.25, -0.2) is 0 Å². The molecular weight excluding hydrogens is 372 g/mol. The second-order valence-corrected chi connectivity index (χ2v) is 9.71. The molecule has 0 heterocycles. The van der Waals surface area contributed by atoms with E-state index in [0.717, 1.165) is 16.9 Å². The number of hydrogen-bond donors (Lipinski definition) is 0. The van der Waals surface area contributed by atoms with Gasteiger partial charge in [0.1, 0.15) is 10.5 Å². The van der Waals surface area contributed by atoms with Gasteiger partial charge in [-0.3, -0.25) is 0 Å². The quantitative estimate of drug-likeness (QED) is 0.198. The standard InChI is InChI=1S/C26H48O2Si/c1-6-8-10-11-12-13-14-15-22(3)24-19-17-23(18-20-24)21-27-25(16-9-7-2)26(4,5)28-29/h17-20,22,25H,6-16,21H2,1-5,29H3. The van der Waals surface area contributed by atoms with Crippen molar-refractivity contribution < 1.29 is 9.16 Å². The van der Waals surface area contributed by atoms with Crippen LogP contribution in [0.2, 0.25) is 0 Å². The average Bonchev–Trinajstić information content (AvgIpc) is 2.73. The Bertz CT molecular complexity index is 512. The monoisotopic (exact) mass is 420 g/mol. The van der Waals surface area contributed by atoms with Crippen molar-refractivity contribution in [3.63, 3.8) is 0 Å². The van der Waals surface area contributed by atoms with Crippen molar-refractivity contribution in [1.82, 2.24) is 0 Å². The number of rotatable bonds is 17. The summed E-state index contributed by atoms with van der Waals surface area (Å²) >= 11 is 0. The van der Waals surface area contributed by atoms with Crippen molar-refractivity contribution in [2.45, 2.75) is 129 Å². The molecule has 0 radical (unpaired) electrons. The molecule has 1 aromatic carbocycles. The van der Waals surface area contributed by atoms with E-state index in [9.17, 15) is 0 Å². The van der Waals surface area contributed by atoms with Gasteiger partial charge >= 0.3 is 0 Å². The molecular formula is C26H48O2Si. The topological polar surface area (TPSA) is 18.5 Å². The maximum atomic E-state index is 6.30. The van der Waals surface area contributed by atoms with E-state index in [1.807, 2.05) is 0 Å². The summed E-state index contributed by atoms with van der Waals surface area (Å²) in [5.41, 5.74) is 2.54. The van der Waals surface area contributed by atoms with E-state index in [2.05, 4.69) is 58.9 Å². The molecule has 0 saturated heterocycles. The molecule has 3 heteroatoms. The summed E-state index contributed by atoms with van der Waals surface area (Å²) in [6.45, 7) is 11.9. The Balaban J connectivity index is 2.41. The van der Waals surface area contributed by atoms with E-state index in [1.165, 1.54) is 75.3 Å². The van der Waals surface area contributed by atoms with Gasteiger partial charge in [0, 0.05) is 0 Å². The van der Waals surface area contributed by atoms with Crippen LogP contribution in [0.4, 0.5) is 0 Å². The van der Waals surface area contributed by atoms with Gasteiger partial charge in [0.2, 0.25) is 0 Å². The Labute approximate surface area is 184 Å². The van der Waals surface area contributed by atoms with Crippen LogP contribution in [0, 0.1) is 0 Å². The molecule has 2 atom stereocenters. The van der Waals surface area contributed by atoms with Crippen molar-refractivity contribution in [1.29, 1.82) is 0 Å². The fraction of sp³-hybridized carbons (Fsp3) is 0.769. The third-order valence-electron chi connectivity index (χ3n) is 6.36. The molecule has 2 nitrogen and oxygen atoms in total. The van der Waals surface area contributed by atoms with Crippen molar-refractivity contribution in [3.05, 3.63) is 35.4 Å². The minimum absolute atomic E-state index is 0.163. The van der Waals surface area contributed by atoms with Gasteiger partial charge in [-0.1, -0.05) is 103 Å². The van der Waals surface area contributed by atoms with Crippen molar-refractivity contribution in [2.75, 3.05) is 0 Å². The summed E-state index contributed by atoms with van der Waals surface area (Å²) < 4.78 is 12.1. The van der Waals surface area contributed by atoms with E-state index >= 15 is 0 Å². The van der Waals surface area contributed by atoms with E-state index in [0.29, 0.717) is 12.5 Å². The van der Waals surface area contributed by atoms with Crippen LogP contribution >= 0.6 is 0 Å². The van der Waals surface area contributed by atoms with Gasteiger partial charge in [0.25, 0.3) is 0 Å². The second-order valence-electron chi connectivity index (χ2n) is 9.30. The average molecular weight is 421 g/mol. The minimum atomic E-state index is -0.188. The molecule has 0 spiro atoms. The van der Waals surface area contributed by atoms with E-state index in [1.54, 1.807) is 0 Å². The number of hydrogen-bond acceptors (Lipinski definition) is 2. The van der Waals surface area contributed by atoms with Crippen LogP contribution in [0.15, 0.2) is 24.3 Å². The lowest BCUT2D eigenvalue weighted by molar-refractivity contribution is -0.0824. The van der Waals surface area contributed by atoms with Gasteiger partial charge in [0.15, 0.2) is 0 Å². The molecule has 0 aliphatic heterocycles. The molecule has 2 unspecified atom stereocenters. The Hall–Kier alpha value is -0.643. The van der Waals surface area contributed by atoms with Crippen LogP contribution in [-0.4, -0.2) is 22.2 Å². The number of ether oxygens (including phenoxy) is 1. The molecule has 0 aliphatic carbocycles. The molecule has 0 aliphatic rings. The first kappa shape index (κ1) is 26.4. The Morgan fingerprint density at radius 2 is 1.41 bits per heavy atom. The molecule has 0 fully saturated rings. The summed E-state index contributed by atoms with van der Waals surface area (Å²) in [6, 6.07) is 9.12. The summed E-state index contributed by atoms with van der Waals surface area (Å²) in [5.74, 6) is 0.648. The molecule has 1 rings (SSSR count). The van der Waals surface area contributed by atoms with E-state index < -0.39 is 0 Å². The van der Waals surface area contributed by atoms with Crippen LogP contribution in [0.3, 0.4) is 0 Å². The lowest BCUT2D eigenvalue weighted by Gasteiger charge is -2.34. The van der Waals surface area contributed by atoms with Crippen LogP contribution in [0.25, 0.3) is 0 Å². The van der Waals surface area contributed by atoms with E-state index in [-0.39, 0.29) is 11.7 Å². The molecule has 0 amide bonds. The van der Waals surface area contributed by atoms with Crippen molar-refractivity contribution in [2.24, 2.45) is 0 Å². The minimum Gasteiger partial charge on any atom is -0.420 e. The molecule has 29 heavy (non-hydrogen) atoms. The smallest absolute Gasteiger partial charge is 0.146 e. The van der Waals surface area contributed by atoms with Crippen LogP contribution in [-0.2, 0) is 15.8 Å². The zero-order valence-corrected chi connectivity index (χ0v) is 22.3. The van der Waals surface area contributed by atoms with Crippen molar-refractivity contribution >= 4 is 10.5 Å². The fourth-order valence-corrected chi connectivity index (χ4v) is 4.13. The zero-order valence-electron chi connectivity index (χ0n) is 20.3. The van der Waals surface area contributed by atoms with Gasteiger partial charge in [-0.15, -0.1) is 0 Å². The van der Waals surface area contributed by atoms with Gasteiger partial charge in [-0.2, -0.15) is 0 Å². The maximum Gasteiger partial charge on any atom is 0.146 e. The van der Waals surface area contributed by atoms with E-state index in [4.69, 9.17) is 9.16 Å². The first-order valence-corrected chi connectivity index (χ1v) is 13.0. The molecule has 0 bridgehead atoms. The van der Waals surface area contributed by atoms with Crippen LogP contribution in [0.1, 0.15) is 122 Å². The molecule has 168 valence electrons. The van der Waals surface area contributed by atoms with Gasteiger partial charge < -0.3 is 9.16 Å². The van der Waals surface area contributed by atoms with Crippen LogP contribution in [0.5, 0.6) is 0 Å². The van der Waals surface area contributed by atoms with Crippen molar-refractivity contribution in [3.8, 4) is 0 Å². The second kappa shape index (κ2) is 15.2. The highest BCUT2D eigenvalue weighted by molar-refractivity contribution is 5.98. The number of unbranched alkanes of at least 4 members (excludes halogenated alkanes) is 7. The molecule has 0 aromatic heterocycles.